The molecular formula is C98H125F2N12O18V3-3. The quantitative estimate of drug-likeness (QED) is 0.0987. The van der Waals surface area contributed by atoms with Crippen molar-refractivity contribution >= 4 is 88.0 Å². The van der Waals surface area contributed by atoms with E-state index < -0.39 is 113 Å². The summed E-state index contributed by atoms with van der Waals surface area (Å²) in [6.45, 7) is 22.6. The van der Waals surface area contributed by atoms with Gasteiger partial charge in [-0.05, 0) is 215 Å². The van der Waals surface area contributed by atoms with Crippen LogP contribution in [0.5, 0.6) is 34.9 Å². The molecule has 6 aliphatic carbocycles. The minimum Gasteiger partial charge on any atom is -0.540 e. The second-order valence-corrected chi connectivity index (χ2v) is 42.0. The standard InChI is InChI=1S/C33H41F2N4O6.C33H43N4O6.C32H41N4O6.3V/c1-16-24(15-40)39-14-26(16)44-30-28(36-22-10-9-18(43-5)13-23(22)37-30)27(35)21(34)8-6-7-19-20-11-17(20)12-25(19)45-32(42)38-29(31(39)41)33(2,3)4;1-6-21-25(18-38)37-17-27(21)42-29-23(34-22-10-9-20(41-5)15-24(22)35-29)8-7-11-33(12-13-33)16-19-14-26(19)43-31(40)36-28(30(37)39)32(2,3)4;1-18-24(17-37)36-16-26(18)41-28-22(33-21-9-8-20(40-5)14-23(21)34-28)7-6-10-32(11-12-32)15-19-13-25(19)42-30(39)35-27(29(36)38)31(2,3)4;;;/h9-10,13,16-17,19-21,24-27,29H,6-8,11-12,14H2,1-5H3,(H,38,42);9-10,15,19,21,25-28H,6-8,11-14,16-17H2,1-5H3,(H,36,40);8-9,14,18-19,24-27H,6-7,10-13,15-16H2,1-5H3,(H,35,39);;;/q3*-1;;;/t16-,17?,19+,20?,21?,24+,25+,26-,27?,29+;19-,21-,25+,26+,27-,28+;18-,19-,24+,25+,26-,27+;;;/m000.../s1. The maximum absolute atomic E-state index is 16.0. The first-order valence-electron chi connectivity index (χ1n) is 46.7. The topological polar surface area (TPSA) is 360 Å². The molecule has 6 saturated carbocycles. The van der Waals surface area contributed by atoms with Crippen molar-refractivity contribution in [2.75, 3.05) is 41.0 Å². The van der Waals surface area contributed by atoms with Crippen LogP contribution in [0.1, 0.15) is 222 Å². The number of alkyl halides is 2. The van der Waals surface area contributed by atoms with E-state index in [2.05, 4.69) is 38.5 Å². The van der Waals surface area contributed by atoms with Crippen molar-refractivity contribution in [3.05, 3.63) is 71.7 Å². The van der Waals surface area contributed by atoms with Gasteiger partial charge in [-0.15, -0.1) is 0 Å². The number of carbonyl (C=O) groups excluding carboxylic acids is 9. The van der Waals surface area contributed by atoms with Crippen molar-refractivity contribution in [3.63, 3.8) is 0 Å². The number of rotatable bonds is 7. The second-order valence-electron chi connectivity index (χ2n) is 42.0. The molecule has 35 heteroatoms. The molecule has 3 saturated heterocycles. The molecule has 22 atom stereocenters. The molecule has 3 radical (unpaired) electrons. The van der Waals surface area contributed by atoms with Gasteiger partial charge >= 0.3 is 18.3 Å². The molecule has 6 amide bonds. The Labute approximate surface area is 812 Å². The number of aromatic nitrogens is 6. The van der Waals surface area contributed by atoms with E-state index >= 15 is 8.78 Å². The fourth-order valence-corrected chi connectivity index (χ4v) is 21.1. The maximum atomic E-state index is 16.0. The third-order valence-electron chi connectivity index (χ3n) is 29.6. The summed E-state index contributed by atoms with van der Waals surface area (Å²) >= 11 is 0. The largest absolute Gasteiger partial charge is 0.540 e. The third-order valence-corrected chi connectivity index (χ3v) is 29.6. The molecule has 717 valence electrons. The molecule has 12 aliphatic rings. The van der Waals surface area contributed by atoms with Crippen molar-refractivity contribution in [1.29, 1.82) is 0 Å². The Morgan fingerprint density at radius 1 is 0.436 bits per heavy atom. The van der Waals surface area contributed by atoms with Crippen LogP contribution >= 0.6 is 0 Å². The number of hydrogen-bond acceptors (Lipinski definition) is 24. The number of halogens is 2. The summed E-state index contributed by atoms with van der Waals surface area (Å²) in [6.07, 6.45) is 15.1. The summed E-state index contributed by atoms with van der Waals surface area (Å²) < 4.78 is 84.6. The number of alkyl carbamates (subject to hydrolysis) is 3. The van der Waals surface area contributed by atoms with Gasteiger partial charge in [-0.3, -0.25) is 14.4 Å². The Bertz CT molecular complexity index is 5290. The molecule has 18 rings (SSSR count). The summed E-state index contributed by atoms with van der Waals surface area (Å²) in [5.41, 5.74) is 3.46. The third kappa shape index (κ3) is 22.5. The molecule has 6 aliphatic heterocycles. The van der Waals surface area contributed by atoms with E-state index in [1.165, 1.54) is 47.5 Å². The molecule has 9 fully saturated rings. The summed E-state index contributed by atoms with van der Waals surface area (Å²) in [7, 11) is 4.73. The maximum Gasteiger partial charge on any atom is 0.408 e. The SMILES string of the molecule is CC[C@@H]1[C@@H]2CN(C(=O)[C@H](C(C)(C)C)NC(=O)O[C@@H]3C[C@H]3CC3(CCCc4nc5ccc(OC)cc5nc4O2)CC3)[C@@H]1[C-]=O.COc1ccc2nc3c(nc2c1)O[C@H]1CN(C(=O)[C@H](C(C)(C)C)NC(=O)O[C@@H]2CC4CC4[C@H]2CCCC(F)C3F)[C@H]([C-]=O)[C@@H]1C.COc1ccc2nc3c(nc2c1)O[C@H]1CN(C(=O)[C@H](C(C)(C)C)NC(=O)O[C@@H]2C[C@H]2CC2(CCC3)CC2)[C@H]([C-]=O)[C@@H]1C.[V].[V].[V]. The number of nitrogens with one attached hydrogen (secondary N) is 3. The van der Waals surface area contributed by atoms with Crippen molar-refractivity contribution in [1.82, 2.24) is 60.6 Å². The summed E-state index contributed by atoms with van der Waals surface area (Å²) in [5.74, 6) is 1.68. The predicted molar refractivity (Wildman–Crippen MR) is 474 cm³/mol. The predicted octanol–water partition coefficient (Wildman–Crippen LogP) is 14.2. The van der Waals surface area contributed by atoms with Gasteiger partial charge in [-0.2, -0.15) is 0 Å². The smallest absolute Gasteiger partial charge is 0.408 e. The van der Waals surface area contributed by atoms with Gasteiger partial charge in [0.15, 0.2) is 6.17 Å². The van der Waals surface area contributed by atoms with Crippen molar-refractivity contribution in [2.45, 2.75) is 297 Å². The first kappa shape index (κ1) is 102. The summed E-state index contributed by atoms with van der Waals surface area (Å²) in [5, 5.41) is 8.48. The second kappa shape index (κ2) is 40.9. The van der Waals surface area contributed by atoms with E-state index in [1.807, 2.05) is 119 Å². The van der Waals surface area contributed by atoms with E-state index in [9.17, 15) is 43.2 Å². The first-order valence-corrected chi connectivity index (χ1v) is 46.7. The monoisotopic (exact) mass is 1950 g/mol. The number of benzene rings is 3. The Balaban J connectivity index is 0.000000168. The minimum atomic E-state index is -2.12. The van der Waals surface area contributed by atoms with Crippen LogP contribution in [0.25, 0.3) is 33.1 Å². The van der Waals surface area contributed by atoms with E-state index in [-0.39, 0.29) is 141 Å². The van der Waals surface area contributed by atoms with E-state index in [4.69, 9.17) is 62.6 Å². The molecule has 3 N–H and O–H groups in total. The minimum absolute atomic E-state index is 0. The molecule has 30 nitrogen and oxygen atoms in total. The van der Waals surface area contributed by atoms with Crippen LogP contribution in [0, 0.1) is 74.4 Å². The molecule has 4 unspecified atom stereocenters. The Hall–Kier alpha value is -8.68. The van der Waals surface area contributed by atoms with Gasteiger partial charge in [-0.1, -0.05) is 114 Å². The Kier molecular flexibility index (Phi) is 31.3. The molecule has 2 spiro atoms. The molecule has 6 aromatic rings. The summed E-state index contributed by atoms with van der Waals surface area (Å²) in [4.78, 5) is 151. The zero-order valence-electron chi connectivity index (χ0n) is 78.6. The van der Waals surface area contributed by atoms with Crippen LogP contribution in [0.3, 0.4) is 0 Å². The first-order chi connectivity index (χ1) is 61.9. The number of fused-ring (bicyclic) bond motifs is 17. The van der Waals surface area contributed by atoms with Crippen LogP contribution in [-0.4, -0.2) is 219 Å². The van der Waals surface area contributed by atoms with Crippen LogP contribution in [-0.2, 0) is 111 Å². The van der Waals surface area contributed by atoms with Crippen LogP contribution in [0.4, 0.5) is 23.2 Å². The number of aryl methyl sites for hydroxylation is 2. The number of ether oxygens (including phenoxy) is 9. The van der Waals surface area contributed by atoms with Gasteiger partial charge in [-0.25, -0.2) is 71.9 Å². The fourth-order valence-electron chi connectivity index (χ4n) is 21.1. The normalized spacial score (nSPS) is 31.8. The zero-order valence-corrected chi connectivity index (χ0v) is 82.8. The van der Waals surface area contributed by atoms with Crippen molar-refractivity contribution in [3.8, 4) is 34.9 Å². The van der Waals surface area contributed by atoms with Gasteiger partial charge in [0.25, 0.3) is 0 Å². The number of carbonyl (C=O) groups is 6. The molecular weight excluding hydrogens is 1820 g/mol. The van der Waals surface area contributed by atoms with Gasteiger partial charge in [0.1, 0.15) is 95.3 Å². The summed E-state index contributed by atoms with van der Waals surface area (Å²) in [6, 6.07) is 10.7. The average Bonchev–Trinajstić information content (AvgIpc) is 1.58. The number of hydrogen-bond donors (Lipinski definition) is 3. The Morgan fingerprint density at radius 3 is 1.21 bits per heavy atom. The number of methoxy groups -OCH3 is 3. The van der Waals surface area contributed by atoms with E-state index in [1.54, 1.807) is 39.3 Å². The van der Waals surface area contributed by atoms with Gasteiger partial charge < -0.3 is 87.7 Å². The molecule has 133 heavy (non-hydrogen) atoms. The number of nitrogens with zero attached hydrogens (tertiary/aromatic N) is 9. The van der Waals surface area contributed by atoms with Crippen molar-refractivity contribution in [2.24, 2.45) is 74.4 Å². The molecule has 9 heterocycles. The van der Waals surface area contributed by atoms with Gasteiger partial charge in [0, 0.05) is 85.7 Å². The van der Waals surface area contributed by atoms with Crippen LogP contribution < -0.4 is 44.4 Å². The van der Waals surface area contributed by atoms with Gasteiger partial charge in [0.05, 0.1) is 74.1 Å². The fraction of sp³-hybridized carbons (Fsp3) is 0.663. The van der Waals surface area contributed by atoms with Crippen LogP contribution in [0.15, 0.2) is 54.6 Å². The zero-order chi connectivity index (χ0) is 92.5. The molecule has 3 aromatic carbocycles. The Morgan fingerprint density at radius 2 is 0.812 bits per heavy atom. The number of amides is 6. The van der Waals surface area contributed by atoms with E-state index in [0.29, 0.717) is 124 Å². The van der Waals surface area contributed by atoms with Gasteiger partial charge in [0.2, 0.25) is 35.4 Å². The van der Waals surface area contributed by atoms with Crippen molar-refractivity contribution < 1.29 is 150 Å². The van der Waals surface area contributed by atoms with E-state index in [0.717, 1.165) is 80.2 Å². The van der Waals surface area contributed by atoms with Crippen LogP contribution in [0.2, 0.25) is 0 Å². The molecule has 6 bridgehead atoms. The average molecular weight is 1950 g/mol. The molecule has 3 aromatic heterocycles.